The highest BCUT2D eigenvalue weighted by atomic mass is 32.2. The van der Waals surface area contributed by atoms with E-state index in [2.05, 4.69) is 10.0 Å². The van der Waals surface area contributed by atoms with Crippen molar-refractivity contribution in [1.29, 1.82) is 0 Å². The van der Waals surface area contributed by atoms with Crippen LogP contribution in [0.25, 0.3) is 10.4 Å². The molecular weight excluding hydrogens is 220 g/mol. The first kappa shape index (κ1) is 9.88. The van der Waals surface area contributed by atoms with Crippen molar-refractivity contribution in [2.75, 3.05) is 5.75 Å². The van der Waals surface area contributed by atoms with Crippen LogP contribution in [0, 0.1) is 0 Å². The van der Waals surface area contributed by atoms with Crippen LogP contribution in [0.3, 0.4) is 0 Å². The maximum absolute atomic E-state index is 11.2. The Kier molecular flexibility index (Phi) is 2.29. The lowest BCUT2D eigenvalue weighted by atomic mass is 10.1. The molecule has 0 radical (unpaired) electrons. The van der Waals surface area contributed by atoms with Gasteiger partial charge in [-0.3, -0.25) is 9.69 Å². The smallest absolute Gasteiger partial charge is 0.352 e. The monoisotopic (exact) mass is 226 g/mol. The fraction of sp³-hybridized carbons (Fsp3) is 0.429. The third kappa shape index (κ3) is 1.43. The predicted molar refractivity (Wildman–Crippen MR) is 51.5 cm³/mol. The molecule has 2 aliphatic rings. The van der Waals surface area contributed by atoms with Gasteiger partial charge in [0.1, 0.15) is 5.70 Å². The second kappa shape index (κ2) is 3.48. The molecule has 1 fully saturated rings. The molecule has 8 heteroatoms. The summed E-state index contributed by atoms with van der Waals surface area (Å²) in [4.78, 5) is 25.9. The number of aliphatic carboxylic acids is 1. The molecule has 2 aliphatic heterocycles. The van der Waals surface area contributed by atoms with E-state index in [4.69, 9.17) is 10.6 Å². The molecule has 15 heavy (non-hydrogen) atoms. The van der Waals surface area contributed by atoms with E-state index in [-0.39, 0.29) is 22.7 Å². The van der Waals surface area contributed by atoms with Gasteiger partial charge in [-0.2, -0.15) is 0 Å². The van der Waals surface area contributed by atoms with Gasteiger partial charge in [0.05, 0.1) is 17.5 Å². The van der Waals surface area contributed by atoms with Crippen molar-refractivity contribution in [3.8, 4) is 0 Å². The van der Waals surface area contributed by atoms with E-state index in [0.717, 1.165) is 0 Å². The summed E-state index contributed by atoms with van der Waals surface area (Å²) >= 11 is 1.40. The molecule has 1 N–H and O–H groups in total. The van der Waals surface area contributed by atoms with Crippen molar-refractivity contribution in [2.45, 2.75) is 11.8 Å². The quantitative estimate of drug-likeness (QED) is 0.326. The third-order valence-corrected chi connectivity index (χ3v) is 3.40. The molecule has 1 amide bonds. The molecule has 1 atom stereocenters. The Bertz CT molecular complexity index is 426. The molecule has 0 aromatic carbocycles. The molecule has 0 aliphatic carbocycles. The number of hydrogen-bond donors (Lipinski definition) is 1. The van der Waals surface area contributed by atoms with Gasteiger partial charge < -0.3 is 5.11 Å². The number of hydrogen-bond acceptors (Lipinski definition) is 4. The molecule has 0 bridgehead atoms. The Morgan fingerprint density at radius 3 is 3.00 bits per heavy atom. The fourth-order valence-electron chi connectivity index (χ4n) is 1.53. The maximum atomic E-state index is 11.2. The van der Waals surface area contributed by atoms with Gasteiger partial charge in [-0.05, 0) is 5.53 Å². The van der Waals surface area contributed by atoms with Crippen molar-refractivity contribution in [3.63, 3.8) is 0 Å². The zero-order chi connectivity index (χ0) is 11.0. The lowest BCUT2D eigenvalue weighted by Crippen LogP contribution is -2.53. The van der Waals surface area contributed by atoms with E-state index in [0.29, 0.717) is 12.2 Å². The van der Waals surface area contributed by atoms with Crippen LogP contribution in [0.15, 0.2) is 16.5 Å². The van der Waals surface area contributed by atoms with Gasteiger partial charge in [0, 0.05) is 10.7 Å². The van der Waals surface area contributed by atoms with Gasteiger partial charge >= 0.3 is 5.97 Å². The molecule has 78 valence electrons. The average molecular weight is 226 g/mol. The molecule has 0 aromatic heterocycles. The molecule has 0 saturated carbocycles. The topological polar surface area (TPSA) is 106 Å². The highest BCUT2D eigenvalue weighted by Crippen LogP contribution is 2.40. The first-order chi connectivity index (χ1) is 7.15. The average Bonchev–Trinajstić information content (AvgIpc) is 2.18. The number of azide groups is 1. The van der Waals surface area contributed by atoms with Crippen LogP contribution in [-0.4, -0.2) is 33.0 Å². The molecule has 1 saturated heterocycles. The minimum absolute atomic E-state index is 0.110. The third-order valence-electron chi connectivity index (χ3n) is 2.20. The summed E-state index contributed by atoms with van der Waals surface area (Å²) in [6.45, 7) is 0. The van der Waals surface area contributed by atoms with E-state index in [1.165, 1.54) is 16.7 Å². The number of fused-ring (bicyclic) bond motifs is 1. The van der Waals surface area contributed by atoms with Crippen molar-refractivity contribution < 1.29 is 14.7 Å². The zero-order valence-corrected chi connectivity index (χ0v) is 8.27. The van der Waals surface area contributed by atoms with Crippen LogP contribution in [0.4, 0.5) is 0 Å². The standard InChI is InChI=1S/C7H6N4O3S/c8-10-9-3-2-15-5-1-4(12)11(5)6(3)7(13)14/h5H,1-2H2,(H,13,14)/t5-/m1/s1. The summed E-state index contributed by atoms with van der Waals surface area (Å²) < 4.78 is 0. The number of nitrogens with zero attached hydrogens (tertiary/aromatic N) is 4. The first-order valence-corrected chi connectivity index (χ1v) is 5.15. The fourth-order valence-corrected chi connectivity index (χ4v) is 2.71. The largest absolute Gasteiger partial charge is 0.477 e. The highest BCUT2D eigenvalue weighted by Gasteiger charge is 2.45. The Balaban J connectivity index is 2.45. The number of amides is 1. The minimum atomic E-state index is -1.23. The number of β-lactam (4-membered cyclic amide) rings is 1. The van der Waals surface area contributed by atoms with E-state index in [9.17, 15) is 9.59 Å². The molecule has 0 unspecified atom stereocenters. The predicted octanol–water partition coefficient (Wildman–Crippen LogP) is 0.898. The van der Waals surface area contributed by atoms with Gasteiger partial charge in [0.25, 0.3) is 0 Å². The summed E-state index contributed by atoms with van der Waals surface area (Å²) in [5.41, 5.74) is 8.21. The Hall–Kier alpha value is -1.66. The van der Waals surface area contributed by atoms with Crippen LogP contribution >= 0.6 is 11.8 Å². The van der Waals surface area contributed by atoms with Gasteiger partial charge in [-0.25, -0.2) is 4.79 Å². The van der Waals surface area contributed by atoms with E-state index in [1.54, 1.807) is 0 Å². The second-order valence-electron chi connectivity index (χ2n) is 3.02. The maximum Gasteiger partial charge on any atom is 0.352 e. The summed E-state index contributed by atoms with van der Waals surface area (Å²) in [6.07, 6.45) is 0.352. The lowest BCUT2D eigenvalue weighted by molar-refractivity contribution is -0.146. The number of thioether (sulfide) groups is 1. The van der Waals surface area contributed by atoms with Gasteiger partial charge in [0.15, 0.2) is 0 Å². The van der Waals surface area contributed by atoms with Crippen molar-refractivity contribution in [1.82, 2.24) is 4.90 Å². The number of carboxylic acids is 1. The van der Waals surface area contributed by atoms with Crippen LogP contribution < -0.4 is 0 Å². The second-order valence-corrected chi connectivity index (χ2v) is 4.19. The van der Waals surface area contributed by atoms with Gasteiger partial charge in [-0.1, -0.05) is 5.11 Å². The van der Waals surface area contributed by atoms with Gasteiger partial charge in [-0.15, -0.1) is 11.8 Å². The minimum Gasteiger partial charge on any atom is -0.477 e. The van der Waals surface area contributed by atoms with Crippen LogP contribution in [-0.2, 0) is 9.59 Å². The molecular formula is C7H6N4O3S. The lowest BCUT2D eigenvalue weighted by Gasteiger charge is -2.43. The van der Waals surface area contributed by atoms with Crippen LogP contribution in [0.2, 0.25) is 0 Å². The Labute approximate surface area is 88.4 Å². The summed E-state index contributed by atoms with van der Waals surface area (Å²) in [6, 6.07) is 0. The molecule has 2 rings (SSSR count). The van der Waals surface area contributed by atoms with E-state index < -0.39 is 5.97 Å². The molecule has 2 heterocycles. The Morgan fingerprint density at radius 1 is 1.73 bits per heavy atom. The highest BCUT2D eigenvalue weighted by molar-refractivity contribution is 8.00. The number of carbonyl (C=O) groups excluding carboxylic acids is 1. The van der Waals surface area contributed by atoms with E-state index >= 15 is 0 Å². The van der Waals surface area contributed by atoms with E-state index in [1.807, 2.05) is 0 Å². The summed E-state index contributed by atoms with van der Waals surface area (Å²) in [7, 11) is 0. The number of rotatable bonds is 2. The van der Waals surface area contributed by atoms with Crippen LogP contribution in [0.1, 0.15) is 6.42 Å². The molecule has 7 nitrogen and oxygen atoms in total. The molecule has 0 spiro atoms. The first-order valence-electron chi connectivity index (χ1n) is 4.10. The van der Waals surface area contributed by atoms with Crippen molar-refractivity contribution in [3.05, 3.63) is 21.8 Å². The molecule has 0 aromatic rings. The zero-order valence-electron chi connectivity index (χ0n) is 7.45. The van der Waals surface area contributed by atoms with Crippen LogP contribution in [0.5, 0.6) is 0 Å². The Morgan fingerprint density at radius 2 is 2.47 bits per heavy atom. The van der Waals surface area contributed by atoms with Crippen molar-refractivity contribution >= 4 is 23.6 Å². The number of carboxylic acid groups (broad SMARTS) is 1. The SMILES string of the molecule is [N-]=[N+]=NC1=C(C(=O)O)N2C(=O)C[C@H]2SC1. The van der Waals surface area contributed by atoms with Crippen molar-refractivity contribution in [2.24, 2.45) is 5.11 Å². The normalized spacial score (nSPS) is 24.1. The summed E-state index contributed by atoms with van der Waals surface area (Å²) in [5, 5.41) is 12.1. The number of carbonyl (C=O) groups is 2. The van der Waals surface area contributed by atoms with Gasteiger partial charge in [0.2, 0.25) is 5.91 Å². The summed E-state index contributed by atoms with van der Waals surface area (Å²) in [5.74, 6) is -1.13.